The molecule has 184 valence electrons. The third kappa shape index (κ3) is 3.41. The molecule has 36 heavy (non-hydrogen) atoms. The molecular formula is C27H23Cl2N3O4. The number of hydrogen-bond acceptors (Lipinski definition) is 5. The molecule has 3 aliphatic rings. The second-order valence-electron chi connectivity index (χ2n) is 9.52. The van der Waals surface area contributed by atoms with Crippen LogP contribution in [-0.4, -0.2) is 34.4 Å². The van der Waals surface area contributed by atoms with E-state index in [0.29, 0.717) is 33.6 Å². The molecule has 6 rings (SSSR count). The van der Waals surface area contributed by atoms with Gasteiger partial charge in [-0.2, -0.15) is 0 Å². The summed E-state index contributed by atoms with van der Waals surface area (Å²) in [6, 6.07) is 18.8. The van der Waals surface area contributed by atoms with Gasteiger partial charge in [-0.25, -0.2) is 0 Å². The first kappa shape index (κ1) is 23.3. The second-order valence-corrected chi connectivity index (χ2v) is 10.4. The van der Waals surface area contributed by atoms with Gasteiger partial charge in [0.2, 0.25) is 0 Å². The molecule has 7 nitrogen and oxygen atoms in total. The van der Waals surface area contributed by atoms with E-state index >= 15 is 0 Å². The van der Waals surface area contributed by atoms with Crippen molar-refractivity contribution >= 4 is 34.8 Å². The van der Waals surface area contributed by atoms with Gasteiger partial charge < -0.3 is 10.1 Å². The number of para-hydroxylation sites is 1. The van der Waals surface area contributed by atoms with Crippen LogP contribution in [0.1, 0.15) is 35.4 Å². The average Bonchev–Trinajstić information content (AvgIpc) is 3.52. The van der Waals surface area contributed by atoms with Gasteiger partial charge in [-0.05, 0) is 48.7 Å². The predicted molar refractivity (Wildman–Crippen MR) is 137 cm³/mol. The van der Waals surface area contributed by atoms with Crippen molar-refractivity contribution in [2.24, 2.45) is 0 Å². The van der Waals surface area contributed by atoms with Crippen molar-refractivity contribution in [1.82, 2.24) is 4.90 Å². The fourth-order valence-electron chi connectivity index (χ4n) is 6.36. The molecule has 3 aliphatic heterocycles. The maximum atomic E-state index is 13.5. The van der Waals surface area contributed by atoms with E-state index in [9.17, 15) is 14.9 Å². The van der Waals surface area contributed by atoms with Crippen molar-refractivity contribution in [3.05, 3.63) is 104 Å². The summed E-state index contributed by atoms with van der Waals surface area (Å²) in [7, 11) is 0. The standard InChI is InChI=1S/C27H23Cl2N3O4/c28-18-10-7-17(21(29)14-18)15-36-19-11-8-16(9-12-19)24-23-6-3-13-31(23)27(25(24)32(34)35)20-4-1-2-5-22(20)30-26(27)33/h1-2,4-5,7-12,14,23-25H,3,6,13,15H2,(H,30,33)/t23-,24+,25-,27+/m1/s1. The molecule has 0 radical (unpaired) electrons. The Labute approximate surface area is 218 Å². The topological polar surface area (TPSA) is 84.7 Å². The number of nitrogens with zero attached hydrogens (tertiary/aromatic N) is 2. The lowest BCUT2D eigenvalue weighted by Gasteiger charge is -2.32. The Kier molecular flexibility index (Phi) is 5.67. The van der Waals surface area contributed by atoms with Crippen molar-refractivity contribution in [3.63, 3.8) is 0 Å². The highest BCUT2D eigenvalue weighted by Crippen LogP contribution is 2.58. The van der Waals surface area contributed by atoms with E-state index in [1.54, 1.807) is 12.1 Å². The minimum Gasteiger partial charge on any atom is -0.489 e. The van der Waals surface area contributed by atoms with Crippen LogP contribution < -0.4 is 10.1 Å². The molecule has 0 aromatic heterocycles. The molecule has 0 saturated carbocycles. The lowest BCUT2D eigenvalue weighted by molar-refractivity contribution is -0.534. The van der Waals surface area contributed by atoms with Crippen molar-refractivity contribution in [3.8, 4) is 5.75 Å². The van der Waals surface area contributed by atoms with E-state index in [4.69, 9.17) is 27.9 Å². The summed E-state index contributed by atoms with van der Waals surface area (Å²) in [6.45, 7) is 0.920. The first-order valence-electron chi connectivity index (χ1n) is 11.9. The van der Waals surface area contributed by atoms with Gasteiger partial charge in [0, 0.05) is 44.4 Å². The zero-order valence-corrected chi connectivity index (χ0v) is 20.7. The van der Waals surface area contributed by atoms with Gasteiger partial charge in [-0.1, -0.05) is 59.6 Å². The van der Waals surface area contributed by atoms with E-state index in [1.165, 1.54) is 0 Å². The van der Waals surface area contributed by atoms with Crippen molar-refractivity contribution in [1.29, 1.82) is 0 Å². The summed E-state index contributed by atoms with van der Waals surface area (Å²) in [5.41, 5.74) is 1.69. The summed E-state index contributed by atoms with van der Waals surface area (Å²) in [5, 5.41) is 16.7. The number of benzene rings is 3. The molecule has 0 unspecified atom stereocenters. The Hall–Kier alpha value is -3.13. The second kappa shape index (κ2) is 8.76. The number of carbonyl (C=O) groups is 1. The number of fused-ring (bicyclic) bond motifs is 4. The Bertz CT molecular complexity index is 1370. The van der Waals surface area contributed by atoms with E-state index in [-0.39, 0.29) is 23.5 Å². The maximum Gasteiger partial charge on any atom is 0.256 e. The van der Waals surface area contributed by atoms with Gasteiger partial charge in [0.1, 0.15) is 12.4 Å². The highest BCUT2D eigenvalue weighted by Gasteiger charge is 2.73. The first-order chi connectivity index (χ1) is 17.4. The summed E-state index contributed by atoms with van der Waals surface area (Å²) in [6.07, 6.45) is 1.70. The van der Waals surface area contributed by atoms with Crippen LogP contribution in [0, 0.1) is 10.1 Å². The highest BCUT2D eigenvalue weighted by molar-refractivity contribution is 6.35. The first-order valence-corrected chi connectivity index (χ1v) is 12.6. The molecule has 1 N–H and O–H groups in total. The molecule has 4 atom stereocenters. The molecule has 2 fully saturated rings. The number of carbonyl (C=O) groups excluding carboxylic acids is 1. The third-order valence-corrected chi connectivity index (χ3v) is 8.36. The Morgan fingerprint density at radius 1 is 1.11 bits per heavy atom. The van der Waals surface area contributed by atoms with Crippen LogP contribution in [0.3, 0.4) is 0 Å². The average molecular weight is 524 g/mol. The van der Waals surface area contributed by atoms with Gasteiger partial charge in [-0.15, -0.1) is 0 Å². The van der Waals surface area contributed by atoms with Crippen LogP contribution in [0.2, 0.25) is 10.0 Å². The number of amides is 1. The van der Waals surface area contributed by atoms with E-state index in [1.807, 2.05) is 54.6 Å². The minimum absolute atomic E-state index is 0.100. The molecule has 1 amide bonds. The van der Waals surface area contributed by atoms with E-state index in [0.717, 1.165) is 24.0 Å². The summed E-state index contributed by atoms with van der Waals surface area (Å²) < 4.78 is 5.91. The van der Waals surface area contributed by atoms with Crippen molar-refractivity contribution < 1.29 is 14.5 Å². The van der Waals surface area contributed by atoms with Crippen molar-refractivity contribution in [2.45, 2.75) is 43.0 Å². The van der Waals surface area contributed by atoms with Gasteiger partial charge in [0.25, 0.3) is 11.9 Å². The zero-order chi connectivity index (χ0) is 25.0. The molecule has 3 aromatic rings. The van der Waals surface area contributed by atoms with Crippen LogP contribution in [0.4, 0.5) is 5.69 Å². The third-order valence-electron chi connectivity index (χ3n) is 7.77. The molecular weight excluding hydrogens is 501 g/mol. The Morgan fingerprint density at radius 2 is 1.89 bits per heavy atom. The summed E-state index contributed by atoms with van der Waals surface area (Å²) in [5.74, 6) is -0.110. The van der Waals surface area contributed by atoms with E-state index < -0.39 is 17.5 Å². The molecule has 2 saturated heterocycles. The minimum atomic E-state index is -1.31. The van der Waals surface area contributed by atoms with Gasteiger partial charge in [0.15, 0.2) is 5.54 Å². The summed E-state index contributed by atoms with van der Waals surface area (Å²) >= 11 is 12.2. The fraction of sp³-hybridized carbons (Fsp3) is 0.296. The number of nitrogens with one attached hydrogen (secondary N) is 1. The maximum absolute atomic E-state index is 13.5. The number of rotatable bonds is 5. The number of nitro groups is 1. The van der Waals surface area contributed by atoms with Crippen LogP contribution in [-0.2, 0) is 16.9 Å². The van der Waals surface area contributed by atoms with Crippen LogP contribution in [0.5, 0.6) is 5.75 Å². The van der Waals surface area contributed by atoms with Crippen LogP contribution >= 0.6 is 23.2 Å². The highest BCUT2D eigenvalue weighted by atomic mass is 35.5. The molecule has 0 bridgehead atoms. The molecule has 3 aromatic carbocycles. The zero-order valence-electron chi connectivity index (χ0n) is 19.2. The van der Waals surface area contributed by atoms with Crippen LogP contribution in [0.15, 0.2) is 66.7 Å². The normalized spacial score (nSPS) is 26.6. The lowest BCUT2D eigenvalue weighted by Crippen LogP contribution is -2.55. The largest absolute Gasteiger partial charge is 0.489 e. The lowest BCUT2D eigenvalue weighted by atomic mass is 9.77. The number of ether oxygens (including phenoxy) is 1. The van der Waals surface area contributed by atoms with Gasteiger partial charge >= 0.3 is 0 Å². The van der Waals surface area contributed by atoms with E-state index in [2.05, 4.69) is 10.2 Å². The number of halogens is 2. The van der Waals surface area contributed by atoms with Gasteiger partial charge in [-0.3, -0.25) is 19.8 Å². The molecule has 0 aliphatic carbocycles. The summed E-state index contributed by atoms with van der Waals surface area (Å²) in [4.78, 5) is 28.0. The van der Waals surface area contributed by atoms with Crippen molar-refractivity contribution in [2.75, 3.05) is 11.9 Å². The number of anilines is 1. The van der Waals surface area contributed by atoms with Crippen LogP contribution in [0.25, 0.3) is 0 Å². The Balaban J connectivity index is 1.33. The Morgan fingerprint density at radius 3 is 2.64 bits per heavy atom. The smallest absolute Gasteiger partial charge is 0.256 e. The SMILES string of the molecule is O=C1Nc2ccccc2[C@]12[C@H]([N+](=O)[O-])[C@@H](c1ccc(OCc3ccc(Cl)cc3Cl)cc1)[C@H]1CCCN12. The quantitative estimate of drug-likeness (QED) is 0.346. The fourth-order valence-corrected chi connectivity index (χ4v) is 6.82. The predicted octanol–water partition coefficient (Wildman–Crippen LogP) is 5.63. The monoisotopic (exact) mass is 523 g/mol. The molecule has 9 heteroatoms. The van der Waals surface area contributed by atoms with Gasteiger partial charge in [0.05, 0.1) is 5.92 Å². The molecule has 3 heterocycles. The molecule has 1 spiro atoms. The number of hydrogen-bond donors (Lipinski definition) is 1.